The van der Waals surface area contributed by atoms with Crippen molar-refractivity contribution in [2.75, 3.05) is 19.6 Å². The van der Waals surface area contributed by atoms with E-state index in [1.807, 2.05) is 39.5 Å². The number of hydrogen-bond acceptors (Lipinski definition) is 2. The van der Waals surface area contributed by atoms with Crippen molar-refractivity contribution in [1.29, 1.82) is 0 Å². The van der Waals surface area contributed by atoms with Crippen LogP contribution in [0.3, 0.4) is 0 Å². The average Bonchev–Trinajstić information content (AvgIpc) is 2.49. The molecule has 1 fully saturated rings. The number of halogens is 1. The normalized spacial score (nSPS) is 25.3. The smallest absolute Gasteiger partial charge is 0.116 e. The summed E-state index contributed by atoms with van der Waals surface area (Å²) in [5.74, 6) is 0.118. The standard InChI is InChI=1S/C9H18FNO.2C2H6/c1-7-4-11(5-8(7)10)6-9(2,3)12;2*1-2/h7-8,12H,4-6H2,1-3H3;2*1-2H3. The van der Waals surface area contributed by atoms with Crippen LogP contribution in [0.4, 0.5) is 4.39 Å². The monoisotopic (exact) mass is 235 g/mol. The molecule has 0 bridgehead atoms. The fourth-order valence-corrected chi connectivity index (χ4v) is 1.70. The van der Waals surface area contributed by atoms with E-state index in [0.29, 0.717) is 13.1 Å². The van der Waals surface area contributed by atoms with Crippen molar-refractivity contribution in [1.82, 2.24) is 4.90 Å². The van der Waals surface area contributed by atoms with Crippen molar-refractivity contribution < 1.29 is 9.50 Å². The highest BCUT2D eigenvalue weighted by molar-refractivity contribution is 4.84. The van der Waals surface area contributed by atoms with Gasteiger partial charge in [-0.3, -0.25) is 4.90 Å². The van der Waals surface area contributed by atoms with E-state index >= 15 is 0 Å². The molecule has 2 nitrogen and oxygen atoms in total. The molecule has 0 amide bonds. The molecule has 0 aromatic heterocycles. The Morgan fingerprint density at radius 3 is 1.88 bits per heavy atom. The third-order valence-electron chi connectivity index (χ3n) is 2.21. The lowest BCUT2D eigenvalue weighted by atomic mass is 10.1. The maximum absolute atomic E-state index is 13.0. The molecule has 1 saturated heterocycles. The van der Waals surface area contributed by atoms with Crippen LogP contribution >= 0.6 is 0 Å². The molecule has 2 atom stereocenters. The SMILES string of the molecule is CC.CC.CC1CN(CC(C)(C)O)CC1F. The van der Waals surface area contributed by atoms with E-state index in [9.17, 15) is 9.50 Å². The largest absolute Gasteiger partial charge is 0.389 e. The van der Waals surface area contributed by atoms with E-state index < -0.39 is 11.8 Å². The molecular weight excluding hydrogens is 205 g/mol. The summed E-state index contributed by atoms with van der Waals surface area (Å²) in [7, 11) is 0. The lowest BCUT2D eigenvalue weighted by Crippen LogP contribution is -2.37. The first-order valence-electron chi connectivity index (χ1n) is 6.47. The lowest BCUT2D eigenvalue weighted by molar-refractivity contribution is 0.0418. The van der Waals surface area contributed by atoms with E-state index in [1.165, 1.54) is 0 Å². The number of nitrogens with zero attached hydrogens (tertiary/aromatic N) is 1. The molecule has 16 heavy (non-hydrogen) atoms. The minimum Gasteiger partial charge on any atom is -0.389 e. The molecule has 100 valence electrons. The molecule has 0 spiro atoms. The highest BCUT2D eigenvalue weighted by Crippen LogP contribution is 2.20. The predicted molar refractivity (Wildman–Crippen MR) is 69.5 cm³/mol. The average molecular weight is 235 g/mol. The molecule has 2 unspecified atom stereocenters. The van der Waals surface area contributed by atoms with Gasteiger partial charge in [0.2, 0.25) is 0 Å². The summed E-state index contributed by atoms with van der Waals surface area (Å²) in [6.07, 6.45) is -0.715. The fraction of sp³-hybridized carbons (Fsp3) is 1.00. The first-order chi connectivity index (χ1) is 7.38. The Morgan fingerprint density at radius 2 is 1.62 bits per heavy atom. The van der Waals surface area contributed by atoms with Gasteiger partial charge in [0.05, 0.1) is 5.60 Å². The van der Waals surface area contributed by atoms with Gasteiger partial charge in [-0.1, -0.05) is 34.6 Å². The molecule has 1 rings (SSSR count). The summed E-state index contributed by atoms with van der Waals surface area (Å²) >= 11 is 0. The van der Waals surface area contributed by atoms with Crippen molar-refractivity contribution in [3.63, 3.8) is 0 Å². The zero-order chi connectivity index (χ0) is 13.4. The molecule has 1 N–H and O–H groups in total. The molecule has 0 aromatic carbocycles. The summed E-state index contributed by atoms with van der Waals surface area (Å²) in [6, 6.07) is 0. The van der Waals surface area contributed by atoms with Crippen LogP contribution in [-0.2, 0) is 0 Å². The second kappa shape index (κ2) is 8.94. The van der Waals surface area contributed by atoms with Crippen LogP contribution in [0.15, 0.2) is 0 Å². The van der Waals surface area contributed by atoms with Gasteiger partial charge in [-0.2, -0.15) is 0 Å². The lowest BCUT2D eigenvalue weighted by Gasteiger charge is -2.24. The minimum absolute atomic E-state index is 0.118. The van der Waals surface area contributed by atoms with Crippen LogP contribution in [0.25, 0.3) is 0 Å². The molecule has 1 aliphatic heterocycles. The van der Waals surface area contributed by atoms with Gasteiger partial charge < -0.3 is 5.11 Å². The van der Waals surface area contributed by atoms with Crippen LogP contribution in [0.5, 0.6) is 0 Å². The van der Waals surface area contributed by atoms with Crippen LogP contribution < -0.4 is 0 Å². The Bertz CT molecular complexity index is 147. The van der Waals surface area contributed by atoms with Gasteiger partial charge >= 0.3 is 0 Å². The first kappa shape index (κ1) is 18.2. The zero-order valence-corrected chi connectivity index (χ0v) is 12.0. The third kappa shape index (κ3) is 8.05. The Balaban J connectivity index is 0. The van der Waals surface area contributed by atoms with Crippen molar-refractivity contribution in [2.45, 2.75) is 60.2 Å². The van der Waals surface area contributed by atoms with E-state index in [-0.39, 0.29) is 5.92 Å². The predicted octanol–water partition coefficient (Wildman–Crippen LogP) is 3.10. The Kier molecular flexibility index (Phi) is 10.2. The minimum atomic E-state index is -0.715. The molecule has 0 radical (unpaired) electrons. The van der Waals surface area contributed by atoms with Gasteiger partial charge in [0.25, 0.3) is 0 Å². The first-order valence-corrected chi connectivity index (χ1v) is 6.47. The molecule has 1 heterocycles. The number of rotatable bonds is 2. The van der Waals surface area contributed by atoms with Crippen LogP contribution in [0, 0.1) is 5.92 Å². The summed E-state index contributed by atoms with van der Waals surface area (Å²) in [5.41, 5.74) is -0.705. The molecule has 0 aromatic rings. The molecule has 0 saturated carbocycles. The number of alkyl halides is 1. The van der Waals surface area contributed by atoms with Gasteiger partial charge in [-0.05, 0) is 13.8 Å². The van der Waals surface area contributed by atoms with Crippen LogP contribution in [-0.4, -0.2) is 41.4 Å². The summed E-state index contributed by atoms with van der Waals surface area (Å²) < 4.78 is 13.0. The van der Waals surface area contributed by atoms with E-state index in [1.54, 1.807) is 13.8 Å². The Morgan fingerprint density at radius 1 is 1.19 bits per heavy atom. The van der Waals surface area contributed by atoms with Crippen molar-refractivity contribution >= 4 is 0 Å². The molecule has 1 aliphatic rings. The maximum atomic E-state index is 13.0. The van der Waals surface area contributed by atoms with Crippen LogP contribution in [0.1, 0.15) is 48.5 Å². The zero-order valence-electron chi connectivity index (χ0n) is 12.0. The number of aliphatic hydroxyl groups is 1. The maximum Gasteiger partial charge on any atom is 0.116 e. The Labute approximate surface area is 101 Å². The topological polar surface area (TPSA) is 23.5 Å². The summed E-state index contributed by atoms with van der Waals surface area (Å²) in [6.45, 7) is 15.2. The van der Waals surface area contributed by atoms with E-state index in [0.717, 1.165) is 6.54 Å². The number of β-amino-alcohol motifs (C(OH)–C–C–N with tert-alkyl or cyclic N) is 1. The van der Waals surface area contributed by atoms with Gasteiger partial charge in [-0.15, -0.1) is 0 Å². The molecule has 3 heteroatoms. The molecular formula is C13H30FNO. The Hall–Kier alpha value is -0.150. The third-order valence-corrected chi connectivity index (χ3v) is 2.21. The molecule has 0 aliphatic carbocycles. The van der Waals surface area contributed by atoms with Crippen molar-refractivity contribution in [3.8, 4) is 0 Å². The summed E-state index contributed by atoms with van der Waals surface area (Å²) in [5, 5.41) is 9.49. The van der Waals surface area contributed by atoms with E-state index in [4.69, 9.17) is 0 Å². The van der Waals surface area contributed by atoms with Gasteiger partial charge in [0, 0.05) is 25.6 Å². The second-order valence-corrected chi connectivity index (χ2v) is 4.50. The van der Waals surface area contributed by atoms with E-state index in [2.05, 4.69) is 0 Å². The second-order valence-electron chi connectivity index (χ2n) is 4.50. The summed E-state index contributed by atoms with van der Waals surface area (Å²) in [4.78, 5) is 1.98. The van der Waals surface area contributed by atoms with Gasteiger partial charge in [0.15, 0.2) is 0 Å². The quantitative estimate of drug-likeness (QED) is 0.795. The highest BCUT2D eigenvalue weighted by atomic mass is 19.1. The van der Waals surface area contributed by atoms with Gasteiger partial charge in [0.1, 0.15) is 6.17 Å². The number of hydrogen-bond donors (Lipinski definition) is 1. The van der Waals surface area contributed by atoms with Crippen LogP contribution in [0.2, 0.25) is 0 Å². The van der Waals surface area contributed by atoms with Gasteiger partial charge in [-0.25, -0.2) is 4.39 Å². The highest BCUT2D eigenvalue weighted by Gasteiger charge is 2.31. The van der Waals surface area contributed by atoms with Crippen molar-refractivity contribution in [2.24, 2.45) is 5.92 Å². The number of likely N-dealkylation sites (tertiary alicyclic amines) is 1. The fourth-order valence-electron chi connectivity index (χ4n) is 1.70. The van der Waals surface area contributed by atoms with Crippen molar-refractivity contribution in [3.05, 3.63) is 0 Å².